The van der Waals surface area contributed by atoms with E-state index in [4.69, 9.17) is 4.42 Å². The van der Waals surface area contributed by atoms with Crippen LogP contribution in [-0.4, -0.2) is 12.6 Å². The summed E-state index contributed by atoms with van der Waals surface area (Å²) in [6.07, 6.45) is 0. The lowest BCUT2D eigenvalue weighted by molar-refractivity contribution is 0.669. The molecule has 0 saturated carbocycles. The van der Waals surface area contributed by atoms with Crippen molar-refractivity contribution < 1.29 is 4.42 Å². The molecule has 0 aliphatic rings. The number of benzene rings is 11. The molecule has 0 spiro atoms. The van der Waals surface area contributed by atoms with Crippen molar-refractivity contribution in [2.75, 3.05) is 4.90 Å². The van der Waals surface area contributed by atoms with Crippen molar-refractivity contribution in [3.05, 3.63) is 279 Å². The van der Waals surface area contributed by atoms with Gasteiger partial charge in [0.1, 0.15) is 5.58 Å². The van der Waals surface area contributed by atoms with Crippen molar-refractivity contribution in [1.29, 1.82) is 0 Å². The second-order valence-electron chi connectivity index (χ2n) is 18.0. The van der Waals surface area contributed by atoms with Crippen molar-refractivity contribution in [2.24, 2.45) is 0 Å². The molecule has 0 unspecified atom stereocenters. The molecule has 2 aromatic heterocycles. The SMILES string of the molecule is c1ccc(-n2c3ccccc3c3c(-c4ccc(-c5ccc(N(c6ccc([Si](c7ccccc7)(c7ccccc7)c7ccccc7)cc6)c6cccc7c6oc6ccccc67)cc5)cc4)cccc32)cc1. The number of fused-ring (bicyclic) bond motifs is 6. The molecular weight excluding hydrogens is 865 g/mol. The molecule has 0 fully saturated rings. The van der Waals surface area contributed by atoms with Crippen molar-refractivity contribution in [1.82, 2.24) is 4.57 Å². The Balaban J connectivity index is 0.910. The molecule has 0 amide bonds. The van der Waals surface area contributed by atoms with Crippen LogP contribution in [0.5, 0.6) is 0 Å². The molecular formula is C66H46N2OSi. The molecule has 2 heterocycles. The molecule has 0 aliphatic carbocycles. The zero-order valence-electron chi connectivity index (χ0n) is 38.4. The van der Waals surface area contributed by atoms with Crippen LogP contribution < -0.4 is 25.6 Å². The van der Waals surface area contributed by atoms with E-state index in [2.05, 4.69) is 282 Å². The van der Waals surface area contributed by atoms with Gasteiger partial charge in [0, 0.05) is 38.6 Å². The highest BCUT2D eigenvalue weighted by Gasteiger charge is 2.41. The van der Waals surface area contributed by atoms with E-state index in [1.54, 1.807) is 0 Å². The number of anilines is 3. The summed E-state index contributed by atoms with van der Waals surface area (Å²) in [5.74, 6) is 0. The third-order valence-corrected chi connectivity index (χ3v) is 19.0. The standard InChI is InChI=1S/C66H46N2OSi/c1-5-19-50(20-6-1)68-61-31-15-13-28-60(61)65-57(29-17-32-62(65)68)49-37-35-47(36-38-49)48-39-41-51(42-40-48)67(63-33-18-30-59-58-27-14-16-34-64(58)69-66(59)63)52-43-45-56(46-44-52)70(53-21-7-2-8-22-53,54-23-9-3-10-24-54)55-25-11-4-12-26-55/h1-46H. The van der Waals surface area contributed by atoms with Crippen LogP contribution in [0.4, 0.5) is 17.1 Å². The lowest BCUT2D eigenvalue weighted by atomic mass is 9.97. The Morgan fingerprint density at radius 2 is 0.786 bits per heavy atom. The molecule has 0 radical (unpaired) electrons. The Labute approximate surface area is 408 Å². The van der Waals surface area contributed by atoms with E-state index in [1.165, 1.54) is 53.7 Å². The van der Waals surface area contributed by atoms with Crippen molar-refractivity contribution in [3.8, 4) is 27.9 Å². The third-order valence-electron chi connectivity index (χ3n) is 14.2. The van der Waals surface area contributed by atoms with Gasteiger partial charge < -0.3 is 13.9 Å². The number of aromatic nitrogens is 1. The van der Waals surface area contributed by atoms with Gasteiger partial charge in [0.05, 0.1) is 16.7 Å². The highest BCUT2D eigenvalue weighted by atomic mass is 28.3. The van der Waals surface area contributed by atoms with E-state index in [0.717, 1.165) is 55.8 Å². The van der Waals surface area contributed by atoms with E-state index in [0.29, 0.717) is 0 Å². The van der Waals surface area contributed by atoms with Gasteiger partial charge in [0.25, 0.3) is 0 Å². The first-order chi connectivity index (χ1) is 34.7. The molecule has 0 aliphatic heterocycles. The molecule has 70 heavy (non-hydrogen) atoms. The zero-order chi connectivity index (χ0) is 46.4. The summed E-state index contributed by atoms with van der Waals surface area (Å²) in [6, 6.07) is 102. The minimum absolute atomic E-state index is 0.857. The maximum Gasteiger partial charge on any atom is 0.179 e. The molecule has 13 aromatic rings. The van der Waals surface area contributed by atoms with Crippen LogP contribution in [0.25, 0.3) is 71.7 Å². The van der Waals surface area contributed by atoms with Crippen LogP contribution in [-0.2, 0) is 0 Å². The number of para-hydroxylation sites is 4. The minimum Gasteiger partial charge on any atom is -0.454 e. The summed E-state index contributed by atoms with van der Waals surface area (Å²) >= 11 is 0. The summed E-state index contributed by atoms with van der Waals surface area (Å²) in [6.45, 7) is 0. The fourth-order valence-electron chi connectivity index (χ4n) is 11.0. The monoisotopic (exact) mass is 910 g/mol. The quantitative estimate of drug-likeness (QED) is 0.101. The largest absolute Gasteiger partial charge is 0.454 e. The van der Waals surface area contributed by atoms with Crippen molar-refractivity contribution >= 4 is 89.6 Å². The Bertz CT molecular complexity index is 3860. The van der Waals surface area contributed by atoms with Gasteiger partial charge in [-0.1, -0.05) is 218 Å². The maximum absolute atomic E-state index is 6.74. The van der Waals surface area contributed by atoms with Crippen LogP contribution in [0.2, 0.25) is 0 Å². The van der Waals surface area contributed by atoms with Gasteiger partial charge >= 0.3 is 0 Å². The normalized spacial score (nSPS) is 11.7. The Hall–Kier alpha value is -8.96. The van der Waals surface area contributed by atoms with E-state index in [-0.39, 0.29) is 0 Å². The smallest absolute Gasteiger partial charge is 0.179 e. The fourth-order valence-corrected chi connectivity index (χ4v) is 15.8. The highest BCUT2D eigenvalue weighted by molar-refractivity contribution is 7.19. The summed E-state index contributed by atoms with van der Waals surface area (Å²) in [7, 11) is -2.73. The summed E-state index contributed by atoms with van der Waals surface area (Å²) in [5.41, 5.74) is 13.1. The maximum atomic E-state index is 6.74. The molecule has 0 bridgehead atoms. The third kappa shape index (κ3) is 6.80. The molecule has 330 valence electrons. The predicted octanol–water partition coefficient (Wildman–Crippen LogP) is 14.9. The lowest BCUT2D eigenvalue weighted by Crippen LogP contribution is -2.74. The average Bonchev–Trinajstić information content (AvgIpc) is 4.00. The Morgan fingerprint density at radius 1 is 0.329 bits per heavy atom. The van der Waals surface area contributed by atoms with E-state index < -0.39 is 8.07 Å². The Kier molecular flexibility index (Phi) is 10.2. The van der Waals surface area contributed by atoms with E-state index in [1.807, 2.05) is 6.07 Å². The molecule has 0 atom stereocenters. The van der Waals surface area contributed by atoms with Crippen LogP contribution >= 0.6 is 0 Å². The average molecular weight is 911 g/mol. The van der Waals surface area contributed by atoms with Gasteiger partial charge in [-0.2, -0.15) is 0 Å². The fraction of sp³-hybridized carbons (Fsp3) is 0. The minimum atomic E-state index is -2.73. The first kappa shape index (κ1) is 41.2. The van der Waals surface area contributed by atoms with Crippen molar-refractivity contribution in [3.63, 3.8) is 0 Å². The van der Waals surface area contributed by atoms with Crippen molar-refractivity contribution in [2.45, 2.75) is 0 Å². The molecule has 3 nitrogen and oxygen atoms in total. The van der Waals surface area contributed by atoms with Gasteiger partial charge in [0.2, 0.25) is 0 Å². The van der Waals surface area contributed by atoms with Crippen LogP contribution in [0.1, 0.15) is 0 Å². The lowest BCUT2D eigenvalue weighted by Gasteiger charge is -2.35. The van der Waals surface area contributed by atoms with Gasteiger partial charge in [-0.25, -0.2) is 0 Å². The number of nitrogens with zero attached hydrogens (tertiary/aromatic N) is 2. The zero-order valence-corrected chi connectivity index (χ0v) is 39.4. The van der Waals surface area contributed by atoms with Crippen LogP contribution in [0, 0.1) is 0 Å². The number of rotatable bonds is 10. The molecule has 13 rings (SSSR count). The predicted molar refractivity (Wildman–Crippen MR) is 297 cm³/mol. The second-order valence-corrected chi connectivity index (χ2v) is 21.8. The topological polar surface area (TPSA) is 21.3 Å². The molecule has 0 saturated heterocycles. The summed E-state index contributed by atoms with van der Waals surface area (Å²) in [4.78, 5) is 2.35. The van der Waals surface area contributed by atoms with Gasteiger partial charge in [-0.15, -0.1) is 0 Å². The number of hydrogen-bond donors (Lipinski definition) is 0. The highest BCUT2D eigenvalue weighted by Crippen LogP contribution is 2.43. The first-order valence-electron chi connectivity index (χ1n) is 24.0. The number of hydrogen-bond acceptors (Lipinski definition) is 2. The first-order valence-corrected chi connectivity index (χ1v) is 26.0. The van der Waals surface area contributed by atoms with Gasteiger partial charge in [0.15, 0.2) is 13.7 Å². The van der Waals surface area contributed by atoms with Crippen LogP contribution in [0.3, 0.4) is 0 Å². The van der Waals surface area contributed by atoms with E-state index >= 15 is 0 Å². The summed E-state index contributed by atoms with van der Waals surface area (Å²) in [5, 5.41) is 10.1. The molecule has 4 heteroatoms. The van der Waals surface area contributed by atoms with Gasteiger partial charge in [-0.05, 0) is 104 Å². The Morgan fingerprint density at radius 3 is 1.41 bits per heavy atom. The number of furan rings is 1. The second kappa shape index (κ2) is 17.3. The molecule has 11 aromatic carbocycles. The molecule has 0 N–H and O–H groups in total. The van der Waals surface area contributed by atoms with Gasteiger partial charge in [-0.3, -0.25) is 0 Å². The van der Waals surface area contributed by atoms with E-state index in [9.17, 15) is 0 Å². The van der Waals surface area contributed by atoms with Crippen LogP contribution in [0.15, 0.2) is 283 Å². The summed E-state index contributed by atoms with van der Waals surface area (Å²) < 4.78 is 9.12.